The largest absolute Gasteiger partial charge is 0.479 e. The monoisotopic (exact) mass is 394 g/mol. The highest BCUT2D eigenvalue weighted by Gasteiger charge is 2.18. The molecule has 0 aliphatic heterocycles. The van der Waals surface area contributed by atoms with Crippen LogP contribution in [0.15, 0.2) is 36.4 Å². The van der Waals surface area contributed by atoms with Crippen molar-refractivity contribution in [3.63, 3.8) is 0 Å². The van der Waals surface area contributed by atoms with Gasteiger partial charge in [-0.05, 0) is 30.3 Å². The Hall–Kier alpha value is -1.30. The number of halogens is 4. The maximum atomic E-state index is 10.4. The van der Waals surface area contributed by atoms with Gasteiger partial charge in [-0.2, -0.15) is 0 Å². The Morgan fingerprint density at radius 2 is 1.48 bits per heavy atom. The topological polar surface area (TPSA) is 74.6 Å². The van der Waals surface area contributed by atoms with E-state index in [1.807, 2.05) is 0 Å². The molecule has 8 heteroatoms. The molecule has 0 amide bonds. The van der Waals surface area contributed by atoms with Crippen LogP contribution in [-0.4, -0.2) is 22.5 Å². The Morgan fingerprint density at radius 1 is 0.957 bits per heavy atom. The molecule has 2 N–H and O–H groups in total. The number of aliphatic hydroxyl groups excluding tert-OH is 1. The van der Waals surface area contributed by atoms with Gasteiger partial charge in [0, 0.05) is 26.2 Å². The van der Waals surface area contributed by atoms with Gasteiger partial charge in [0.2, 0.25) is 0 Å². The number of aliphatic hydroxyl groups is 1. The molecule has 122 valence electrons. The van der Waals surface area contributed by atoms with Crippen LogP contribution in [0, 0.1) is 0 Å². The highest BCUT2D eigenvalue weighted by Crippen LogP contribution is 2.26. The van der Waals surface area contributed by atoms with Gasteiger partial charge in [0.05, 0.1) is 5.02 Å². The van der Waals surface area contributed by atoms with Gasteiger partial charge in [-0.15, -0.1) is 0 Å². The molecule has 0 fully saturated rings. The molecule has 0 aliphatic carbocycles. The summed E-state index contributed by atoms with van der Waals surface area (Å²) in [6, 6.07) is 8.96. The maximum Gasteiger partial charge on any atom is 0.337 e. The quantitative estimate of drug-likeness (QED) is 0.723. The first-order chi connectivity index (χ1) is 10.8. The van der Waals surface area contributed by atoms with Crippen LogP contribution < -0.4 is 0 Å². The number of carboxylic acids is 1. The van der Waals surface area contributed by atoms with Gasteiger partial charge >= 0.3 is 5.97 Å². The first-order valence-electron chi connectivity index (χ1n) is 6.02. The Kier molecular flexibility index (Phi) is 7.82. The number of carboxylic acid groups (broad SMARTS) is 1. The zero-order valence-corrected chi connectivity index (χ0v) is 14.4. The van der Waals surface area contributed by atoms with Gasteiger partial charge in [-0.1, -0.05) is 52.5 Å². The summed E-state index contributed by atoms with van der Waals surface area (Å²) in [5, 5.41) is 19.1. The zero-order chi connectivity index (χ0) is 17.6. The molecule has 0 aromatic heterocycles. The van der Waals surface area contributed by atoms with Crippen molar-refractivity contribution in [1.82, 2.24) is 0 Å². The fourth-order valence-corrected chi connectivity index (χ4v) is 2.42. The fourth-order valence-electron chi connectivity index (χ4n) is 1.45. The minimum absolute atomic E-state index is 0.138. The summed E-state index contributed by atoms with van der Waals surface area (Å²) >= 11 is 22.4. The van der Waals surface area contributed by atoms with Gasteiger partial charge < -0.3 is 10.2 Å². The standard InChI is InChI=1S/C8H6Cl2O3.C7H4Cl2O/c9-4-1-2-5(6(10)3-4)7(11)8(12)13;8-6-2-1-5(4-10)7(9)3-6/h1-3,7,11H,(H,12,13);1-4H. The van der Waals surface area contributed by atoms with E-state index in [9.17, 15) is 9.59 Å². The molecule has 4 nitrogen and oxygen atoms in total. The first kappa shape index (κ1) is 19.7. The second-order valence-corrected chi connectivity index (χ2v) is 5.88. The van der Waals surface area contributed by atoms with E-state index in [-0.39, 0.29) is 10.6 Å². The number of aldehydes is 1. The third-order valence-corrected chi connectivity index (χ3v) is 3.71. The molecule has 0 aliphatic rings. The van der Waals surface area contributed by atoms with Crippen LogP contribution in [0.1, 0.15) is 22.0 Å². The van der Waals surface area contributed by atoms with Crippen LogP contribution in [0.3, 0.4) is 0 Å². The van der Waals surface area contributed by atoms with Crippen molar-refractivity contribution in [2.75, 3.05) is 0 Å². The molecule has 0 radical (unpaired) electrons. The van der Waals surface area contributed by atoms with Crippen molar-refractivity contribution in [3.8, 4) is 0 Å². The molecule has 2 rings (SSSR count). The summed E-state index contributed by atoms with van der Waals surface area (Å²) in [4.78, 5) is 20.6. The van der Waals surface area contributed by atoms with E-state index in [0.717, 1.165) is 0 Å². The lowest BCUT2D eigenvalue weighted by Gasteiger charge is -2.07. The minimum atomic E-state index is -1.61. The number of hydrogen-bond acceptors (Lipinski definition) is 3. The van der Waals surface area contributed by atoms with Crippen molar-refractivity contribution < 1.29 is 19.8 Å². The number of aliphatic carboxylic acids is 1. The summed E-state index contributed by atoms with van der Waals surface area (Å²) in [5.41, 5.74) is 0.602. The highest BCUT2D eigenvalue weighted by molar-refractivity contribution is 6.36. The lowest BCUT2D eigenvalue weighted by atomic mass is 10.1. The van der Waals surface area contributed by atoms with Crippen molar-refractivity contribution in [3.05, 3.63) is 67.6 Å². The van der Waals surface area contributed by atoms with Crippen LogP contribution in [0.4, 0.5) is 0 Å². The average molecular weight is 396 g/mol. The summed E-state index contributed by atoms with van der Waals surface area (Å²) in [5.74, 6) is -1.34. The fraction of sp³-hybridized carbons (Fsp3) is 0.0667. The molecule has 0 heterocycles. The van der Waals surface area contributed by atoms with Gasteiger partial charge in [-0.25, -0.2) is 4.79 Å². The number of benzene rings is 2. The van der Waals surface area contributed by atoms with E-state index in [1.54, 1.807) is 12.1 Å². The predicted molar refractivity (Wildman–Crippen MR) is 90.9 cm³/mol. The molecule has 0 bridgehead atoms. The molecule has 0 saturated heterocycles. The number of carbonyl (C=O) groups excluding carboxylic acids is 1. The molecule has 0 saturated carbocycles. The molecule has 0 spiro atoms. The lowest BCUT2D eigenvalue weighted by Crippen LogP contribution is -2.10. The van der Waals surface area contributed by atoms with Gasteiger partial charge in [0.15, 0.2) is 12.4 Å². The SMILES string of the molecule is O=C(O)C(O)c1ccc(Cl)cc1Cl.O=Cc1ccc(Cl)cc1Cl. The molecule has 23 heavy (non-hydrogen) atoms. The summed E-state index contributed by atoms with van der Waals surface area (Å²) < 4.78 is 0. The number of rotatable bonds is 3. The zero-order valence-electron chi connectivity index (χ0n) is 11.3. The number of hydrogen-bond donors (Lipinski definition) is 2. The smallest absolute Gasteiger partial charge is 0.337 e. The summed E-state index contributed by atoms with van der Waals surface area (Å²) in [7, 11) is 0. The van der Waals surface area contributed by atoms with Crippen LogP contribution in [0.25, 0.3) is 0 Å². The maximum absolute atomic E-state index is 10.4. The van der Waals surface area contributed by atoms with Crippen LogP contribution in [-0.2, 0) is 4.79 Å². The predicted octanol–water partition coefficient (Wildman–Crippen LogP) is 4.92. The molecule has 1 atom stereocenters. The van der Waals surface area contributed by atoms with E-state index in [4.69, 9.17) is 56.6 Å². The van der Waals surface area contributed by atoms with E-state index < -0.39 is 12.1 Å². The second kappa shape index (κ2) is 9.11. The van der Waals surface area contributed by atoms with Crippen LogP contribution in [0.2, 0.25) is 20.1 Å². The third kappa shape index (κ3) is 6.01. The summed E-state index contributed by atoms with van der Waals surface area (Å²) in [6.07, 6.45) is -0.914. The van der Waals surface area contributed by atoms with Gasteiger partial charge in [-0.3, -0.25) is 4.79 Å². The summed E-state index contributed by atoms with van der Waals surface area (Å²) in [6.45, 7) is 0. The lowest BCUT2D eigenvalue weighted by molar-refractivity contribution is -0.146. The van der Waals surface area contributed by atoms with E-state index in [0.29, 0.717) is 26.9 Å². The van der Waals surface area contributed by atoms with Crippen molar-refractivity contribution in [2.45, 2.75) is 6.10 Å². The number of carbonyl (C=O) groups is 2. The average Bonchev–Trinajstić information content (AvgIpc) is 2.47. The first-order valence-corrected chi connectivity index (χ1v) is 7.53. The van der Waals surface area contributed by atoms with Gasteiger partial charge in [0.25, 0.3) is 0 Å². The Labute approximate surface area is 152 Å². The normalized spacial score (nSPS) is 11.2. The second-order valence-electron chi connectivity index (χ2n) is 4.19. The molecule has 2 aromatic carbocycles. The highest BCUT2D eigenvalue weighted by atomic mass is 35.5. The molecule has 2 aromatic rings. The van der Waals surface area contributed by atoms with Crippen molar-refractivity contribution in [2.24, 2.45) is 0 Å². The van der Waals surface area contributed by atoms with Crippen LogP contribution >= 0.6 is 46.4 Å². The Bertz CT molecular complexity index is 719. The Morgan fingerprint density at radius 3 is 1.91 bits per heavy atom. The molecular weight excluding hydrogens is 386 g/mol. The van der Waals surface area contributed by atoms with E-state index in [1.165, 1.54) is 24.3 Å². The van der Waals surface area contributed by atoms with Crippen molar-refractivity contribution in [1.29, 1.82) is 0 Å². The van der Waals surface area contributed by atoms with Crippen LogP contribution in [0.5, 0.6) is 0 Å². The molecule has 1 unspecified atom stereocenters. The van der Waals surface area contributed by atoms with Crippen molar-refractivity contribution >= 4 is 58.7 Å². The third-order valence-electron chi connectivity index (χ3n) is 2.58. The van der Waals surface area contributed by atoms with Gasteiger partial charge in [0.1, 0.15) is 0 Å². The Balaban J connectivity index is 0.000000238. The minimum Gasteiger partial charge on any atom is -0.479 e. The molecular formula is C15H10Cl4O4. The van der Waals surface area contributed by atoms with E-state index in [2.05, 4.69) is 0 Å². The van der Waals surface area contributed by atoms with E-state index >= 15 is 0 Å².